The van der Waals surface area contributed by atoms with Gasteiger partial charge >= 0.3 is 0 Å². The van der Waals surface area contributed by atoms with Crippen LogP contribution in [0.25, 0.3) is 38.8 Å². The molecule has 3 heterocycles. The Morgan fingerprint density at radius 3 is 2.44 bits per heavy atom. The molecular formula is C22H17N3. The van der Waals surface area contributed by atoms with Crippen LogP contribution in [-0.2, 0) is 0 Å². The molecule has 5 aromatic rings. The Balaban J connectivity index is 2.00. The molecule has 3 nitrogen and oxygen atoms in total. The van der Waals surface area contributed by atoms with Gasteiger partial charge in [0.1, 0.15) is 11.2 Å². The van der Waals surface area contributed by atoms with Crippen LogP contribution in [0.3, 0.4) is 0 Å². The maximum Gasteiger partial charge on any atom is 0.138 e. The number of rotatable bonds is 1. The van der Waals surface area contributed by atoms with Gasteiger partial charge in [0, 0.05) is 17.1 Å². The quantitative estimate of drug-likeness (QED) is 0.418. The third-order valence-corrected chi connectivity index (χ3v) is 4.72. The Kier molecular flexibility index (Phi) is 2.92. The largest absolute Gasteiger partial charge is 0.298 e. The van der Waals surface area contributed by atoms with Crippen molar-refractivity contribution in [2.24, 2.45) is 0 Å². The number of aryl methyl sites for hydroxylation is 2. The van der Waals surface area contributed by atoms with Gasteiger partial charge < -0.3 is 0 Å². The monoisotopic (exact) mass is 323 g/mol. The van der Waals surface area contributed by atoms with E-state index in [-0.39, 0.29) is 0 Å². The lowest BCUT2D eigenvalue weighted by Gasteiger charge is -2.08. The molecule has 0 fully saturated rings. The van der Waals surface area contributed by atoms with E-state index in [4.69, 9.17) is 9.97 Å². The average Bonchev–Trinajstić information content (AvgIpc) is 3.00. The number of aromatic nitrogens is 3. The second-order valence-electron chi connectivity index (χ2n) is 6.58. The molecule has 2 aromatic carbocycles. The first-order valence-corrected chi connectivity index (χ1v) is 8.45. The van der Waals surface area contributed by atoms with Crippen molar-refractivity contribution in [3.8, 4) is 11.3 Å². The van der Waals surface area contributed by atoms with Gasteiger partial charge in [0.05, 0.1) is 16.7 Å². The summed E-state index contributed by atoms with van der Waals surface area (Å²) in [6.07, 6.45) is 2.09. The molecule has 0 aliphatic heterocycles. The number of benzene rings is 2. The third kappa shape index (κ3) is 2.13. The molecule has 0 saturated heterocycles. The summed E-state index contributed by atoms with van der Waals surface area (Å²) < 4.78 is 2.15. The van der Waals surface area contributed by atoms with Gasteiger partial charge in [-0.2, -0.15) is 0 Å². The number of para-hydroxylation sites is 1. The van der Waals surface area contributed by atoms with Crippen molar-refractivity contribution in [2.75, 3.05) is 0 Å². The van der Waals surface area contributed by atoms with E-state index < -0.39 is 0 Å². The highest BCUT2D eigenvalue weighted by Crippen LogP contribution is 2.33. The Morgan fingerprint density at radius 2 is 1.60 bits per heavy atom. The SMILES string of the molecule is Cc1ccc(-c2nc3ccccc3c3nc4cc(C)ccn4c23)cc1. The molecule has 3 aromatic heterocycles. The Labute approximate surface area is 145 Å². The highest BCUT2D eigenvalue weighted by molar-refractivity contribution is 6.08. The lowest BCUT2D eigenvalue weighted by atomic mass is 10.1. The summed E-state index contributed by atoms with van der Waals surface area (Å²) >= 11 is 0. The summed E-state index contributed by atoms with van der Waals surface area (Å²) in [5.74, 6) is 0. The number of pyridine rings is 2. The van der Waals surface area contributed by atoms with Crippen molar-refractivity contribution in [3.63, 3.8) is 0 Å². The molecule has 0 aliphatic rings. The second-order valence-corrected chi connectivity index (χ2v) is 6.58. The van der Waals surface area contributed by atoms with Gasteiger partial charge in [-0.05, 0) is 37.6 Å². The van der Waals surface area contributed by atoms with Gasteiger partial charge in [0.15, 0.2) is 0 Å². The van der Waals surface area contributed by atoms with Crippen LogP contribution in [0.4, 0.5) is 0 Å². The normalized spacial score (nSPS) is 11.6. The van der Waals surface area contributed by atoms with Crippen molar-refractivity contribution in [1.82, 2.24) is 14.4 Å². The molecule has 0 radical (unpaired) electrons. The van der Waals surface area contributed by atoms with Gasteiger partial charge in [-0.15, -0.1) is 0 Å². The molecule has 0 bridgehead atoms. The zero-order valence-corrected chi connectivity index (χ0v) is 14.2. The van der Waals surface area contributed by atoms with Crippen LogP contribution in [0.2, 0.25) is 0 Å². The number of hydrogen-bond acceptors (Lipinski definition) is 2. The minimum atomic E-state index is 0.960. The van der Waals surface area contributed by atoms with E-state index in [2.05, 4.69) is 73.0 Å². The van der Waals surface area contributed by atoms with Crippen molar-refractivity contribution < 1.29 is 0 Å². The first-order chi connectivity index (χ1) is 12.2. The third-order valence-electron chi connectivity index (χ3n) is 4.72. The van der Waals surface area contributed by atoms with Crippen LogP contribution < -0.4 is 0 Å². The van der Waals surface area contributed by atoms with E-state index in [0.29, 0.717) is 0 Å². The Hall–Kier alpha value is -3.20. The molecule has 3 heteroatoms. The zero-order chi connectivity index (χ0) is 17.0. The maximum absolute atomic E-state index is 4.99. The number of imidazole rings is 1. The van der Waals surface area contributed by atoms with Gasteiger partial charge in [-0.3, -0.25) is 4.40 Å². The second kappa shape index (κ2) is 5.15. The molecule has 5 rings (SSSR count). The topological polar surface area (TPSA) is 30.2 Å². The Morgan fingerprint density at radius 1 is 0.800 bits per heavy atom. The van der Waals surface area contributed by atoms with Crippen LogP contribution in [0.1, 0.15) is 11.1 Å². The zero-order valence-electron chi connectivity index (χ0n) is 14.2. The lowest BCUT2D eigenvalue weighted by Crippen LogP contribution is -1.92. The summed E-state index contributed by atoms with van der Waals surface area (Å²) in [6.45, 7) is 4.20. The van der Waals surface area contributed by atoms with Crippen molar-refractivity contribution in [1.29, 1.82) is 0 Å². The van der Waals surface area contributed by atoms with Crippen LogP contribution in [0.15, 0.2) is 66.9 Å². The summed E-state index contributed by atoms with van der Waals surface area (Å²) in [5, 5.41) is 1.09. The van der Waals surface area contributed by atoms with Crippen molar-refractivity contribution in [2.45, 2.75) is 13.8 Å². The summed E-state index contributed by atoms with van der Waals surface area (Å²) in [7, 11) is 0. The number of fused-ring (bicyclic) bond motifs is 5. The summed E-state index contributed by atoms with van der Waals surface area (Å²) in [6, 6.07) is 21.0. The van der Waals surface area contributed by atoms with Crippen molar-refractivity contribution in [3.05, 3.63) is 78.0 Å². The molecule has 0 unspecified atom stereocenters. The van der Waals surface area contributed by atoms with Gasteiger partial charge in [0.2, 0.25) is 0 Å². The standard InChI is InChI=1S/C22H17N3/c1-14-7-9-16(10-8-14)20-22-21(17-5-3-4-6-18(17)23-20)24-19-13-15(2)11-12-25(19)22/h3-13H,1-2H3. The smallest absolute Gasteiger partial charge is 0.138 e. The van der Waals surface area contributed by atoms with Crippen molar-refractivity contribution >= 4 is 27.6 Å². The number of nitrogens with zero attached hydrogens (tertiary/aromatic N) is 3. The van der Waals surface area contributed by atoms with Crippen LogP contribution in [-0.4, -0.2) is 14.4 Å². The first kappa shape index (κ1) is 14.2. The van der Waals surface area contributed by atoms with Gasteiger partial charge in [-0.1, -0.05) is 48.0 Å². The molecule has 0 amide bonds. The first-order valence-electron chi connectivity index (χ1n) is 8.45. The lowest BCUT2D eigenvalue weighted by molar-refractivity contribution is 1.20. The molecule has 0 N–H and O–H groups in total. The fourth-order valence-electron chi connectivity index (χ4n) is 3.42. The summed E-state index contributed by atoms with van der Waals surface area (Å²) in [4.78, 5) is 9.92. The van der Waals surface area contributed by atoms with E-state index in [0.717, 1.165) is 38.8 Å². The maximum atomic E-state index is 4.99. The fraction of sp³-hybridized carbons (Fsp3) is 0.0909. The van der Waals surface area contributed by atoms with Gasteiger partial charge in [0.25, 0.3) is 0 Å². The highest BCUT2D eigenvalue weighted by atomic mass is 15.0. The Bertz CT molecular complexity index is 1250. The predicted octanol–water partition coefficient (Wildman–Crippen LogP) is 5.32. The molecule has 0 aliphatic carbocycles. The fourth-order valence-corrected chi connectivity index (χ4v) is 3.42. The van der Waals surface area contributed by atoms with E-state index >= 15 is 0 Å². The van der Waals surface area contributed by atoms with Gasteiger partial charge in [-0.25, -0.2) is 9.97 Å². The summed E-state index contributed by atoms with van der Waals surface area (Å²) in [5.41, 5.74) is 8.55. The average molecular weight is 323 g/mol. The minimum Gasteiger partial charge on any atom is -0.298 e. The molecule has 0 spiro atoms. The molecule has 0 saturated carbocycles. The van der Waals surface area contributed by atoms with Crippen LogP contribution in [0.5, 0.6) is 0 Å². The highest BCUT2D eigenvalue weighted by Gasteiger charge is 2.16. The van der Waals surface area contributed by atoms with E-state index in [9.17, 15) is 0 Å². The van der Waals surface area contributed by atoms with E-state index in [1.165, 1.54) is 11.1 Å². The molecular weight excluding hydrogens is 306 g/mol. The molecule has 0 atom stereocenters. The minimum absolute atomic E-state index is 0.960. The van der Waals surface area contributed by atoms with Crippen LogP contribution >= 0.6 is 0 Å². The van der Waals surface area contributed by atoms with E-state index in [1.54, 1.807) is 0 Å². The molecule has 25 heavy (non-hydrogen) atoms. The predicted molar refractivity (Wildman–Crippen MR) is 103 cm³/mol. The number of hydrogen-bond donors (Lipinski definition) is 0. The molecule has 120 valence electrons. The van der Waals surface area contributed by atoms with E-state index in [1.807, 2.05) is 12.1 Å². The van der Waals surface area contributed by atoms with Crippen LogP contribution in [0, 0.1) is 13.8 Å².